The van der Waals surface area contributed by atoms with Gasteiger partial charge in [0.1, 0.15) is 11.3 Å². The van der Waals surface area contributed by atoms with Crippen molar-refractivity contribution in [1.82, 2.24) is 20.3 Å². The van der Waals surface area contributed by atoms with Crippen LogP contribution in [-0.2, 0) is 6.42 Å². The van der Waals surface area contributed by atoms with Crippen molar-refractivity contribution in [3.63, 3.8) is 0 Å². The number of pyridine rings is 2. The molecule has 3 aromatic rings. The molecule has 4 rings (SSSR count). The van der Waals surface area contributed by atoms with Gasteiger partial charge in [-0.2, -0.15) is 0 Å². The van der Waals surface area contributed by atoms with Gasteiger partial charge >= 0.3 is 0 Å². The SMILES string of the molecule is CNC(=O)c1cc(C(=O)C[C@H]2C[C@@H]2C)cc(Cc2ccnc3[nH]ccc23)n1. The molecule has 0 saturated heterocycles. The molecule has 0 bridgehead atoms. The van der Waals surface area contributed by atoms with Gasteiger partial charge in [0.05, 0.1) is 0 Å². The van der Waals surface area contributed by atoms with Crippen LogP contribution in [0.3, 0.4) is 0 Å². The number of aromatic amines is 1. The van der Waals surface area contributed by atoms with Gasteiger partial charge in [0.15, 0.2) is 5.78 Å². The topological polar surface area (TPSA) is 87.7 Å². The van der Waals surface area contributed by atoms with Gasteiger partial charge in [0.25, 0.3) is 5.91 Å². The second-order valence-electron chi connectivity index (χ2n) is 7.30. The fourth-order valence-electron chi connectivity index (χ4n) is 3.49. The summed E-state index contributed by atoms with van der Waals surface area (Å²) >= 11 is 0. The lowest BCUT2D eigenvalue weighted by atomic mass is 10.0. The van der Waals surface area contributed by atoms with Crippen LogP contribution in [0.1, 0.15) is 51.9 Å². The van der Waals surface area contributed by atoms with Crippen LogP contribution in [-0.4, -0.2) is 33.7 Å². The summed E-state index contributed by atoms with van der Waals surface area (Å²) < 4.78 is 0. The van der Waals surface area contributed by atoms with E-state index < -0.39 is 0 Å². The molecule has 6 nitrogen and oxygen atoms in total. The number of aromatic nitrogens is 3. The molecule has 0 radical (unpaired) electrons. The number of Topliss-reactive ketones (excluding diaryl/α,β-unsaturated/α-hetero) is 1. The second kappa shape index (κ2) is 6.95. The zero-order chi connectivity index (χ0) is 19.0. The number of ketones is 1. The van der Waals surface area contributed by atoms with E-state index >= 15 is 0 Å². The molecule has 27 heavy (non-hydrogen) atoms. The van der Waals surface area contributed by atoms with Crippen LogP contribution in [0.5, 0.6) is 0 Å². The molecule has 6 heteroatoms. The summed E-state index contributed by atoms with van der Waals surface area (Å²) in [6, 6.07) is 7.34. The van der Waals surface area contributed by atoms with Gasteiger partial charge in [-0.15, -0.1) is 0 Å². The highest BCUT2D eigenvalue weighted by atomic mass is 16.1. The summed E-state index contributed by atoms with van der Waals surface area (Å²) in [6.45, 7) is 2.16. The third-order valence-electron chi connectivity index (χ3n) is 5.31. The summed E-state index contributed by atoms with van der Waals surface area (Å²) in [7, 11) is 1.57. The number of nitrogens with one attached hydrogen (secondary N) is 2. The van der Waals surface area contributed by atoms with Crippen LogP contribution in [0.25, 0.3) is 11.0 Å². The average Bonchev–Trinajstić information content (AvgIpc) is 3.16. The van der Waals surface area contributed by atoms with E-state index in [0.717, 1.165) is 23.0 Å². The number of hydrogen-bond acceptors (Lipinski definition) is 4. The minimum absolute atomic E-state index is 0.0830. The number of hydrogen-bond donors (Lipinski definition) is 2. The number of nitrogens with zero attached hydrogens (tertiary/aromatic N) is 2. The Morgan fingerprint density at radius 1 is 1.30 bits per heavy atom. The molecular weight excluding hydrogens is 340 g/mol. The predicted molar refractivity (Wildman–Crippen MR) is 103 cm³/mol. The molecule has 3 aromatic heterocycles. The van der Waals surface area contributed by atoms with Crippen LogP contribution in [0.4, 0.5) is 0 Å². The van der Waals surface area contributed by atoms with Crippen molar-refractivity contribution in [2.24, 2.45) is 11.8 Å². The zero-order valence-corrected chi connectivity index (χ0v) is 15.5. The Hall–Kier alpha value is -3.02. The predicted octanol–water partition coefficient (Wildman–Crippen LogP) is 3.14. The highest BCUT2D eigenvalue weighted by Crippen LogP contribution is 2.41. The van der Waals surface area contributed by atoms with E-state index in [1.54, 1.807) is 19.3 Å². The largest absolute Gasteiger partial charge is 0.354 e. The first-order valence-electron chi connectivity index (χ1n) is 9.22. The summed E-state index contributed by atoms with van der Waals surface area (Å²) in [5.74, 6) is 0.886. The quantitative estimate of drug-likeness (QED) is 0.660. The van der Waals surface area contributed by atoms with E-state index in [0.29, 0.717) is 35.9 Å². The van der Waals surface area contributed by atoms with Gasteiger partial charge in [-0.25, -0.2) is 9.97 Å². The number of carbonyl (C=O) groups is 2. The second-order valence-corrected chi connectivity index (χ2v) is 7.30. The van der Waals surface area contributed by atoms with Gasteiger partial charge in [-0.3, -0.25) is 9.59 Å². The molecule has 0 aromatic carbocycles. The van der Waals surface area contributed by atoms with Gasteiger partial charge in [0.2, 0.25) is 0 Å². The van der Waals surface area contributed by atoms with E-state index in [1.165, 1.54) is 0 Å². The lowest BCUT2D eigenvalue weighted by molar-refractivity contribution is 0.0958. The molecule has 3 heterocycles. The minimum Gasteiger partial charge on any atom is -0.354 e. The lowest BCUT2D eigenvalue weighted by Gasteiger charge is -2.09. The fraction of sp³-hybridized carbons (Fsp3) is 0.333. The third kappa shape index (κ3) is 3.60. The maximum Gasteiger partial charge on any atom is 0.269 e. The molecule has 1 aliphatic carbocycles. The monoisotopic (exact) mass is 362 g/mol. The molecule has 1 fully saturated rings. The van der Waals surface area contributed by atoms with Crippen LogP contribution < -0.4 is 5.32 Å². The first-order valence-corrected chi connectivity index (χ1v) is 9.22. The molecule has 2 N–H and O–H groups in total. The van der Waals surface area contributed by atoms with Crippen molar-refractivity contribution in [2.45, 2.75) is 26.2 Å². The van der Waals surface area contributed by atoms with Crippen LogP contribution in [0.2, 0.25) is 0 Å². The first kappa shape index (κ1) is 17.4. The number of fused-ring (bicyclic) bond motifs is 1. The van der Waals surface area contributed by atoms with E-state index in [9.17, 15) is 9.59 Å². The van der Waals surface area contributed by atoms with Crippen molar-refractivity contribution in [1.29, 1.82) is 0 Å². The van der Waals surface area contributed by atoms with Crippen molar-refractivity contribution >= 4 is 22.7 Å². The minimum atomic E-state index is -0.285. The normalized spacial score (nSPS) is 18.4. The molecule has 0 aliphatic heterocycles. The molecule has 1 amide bonds. The number of H-pyrrole nitrogens is 1. The molecule has 138 valence electrons. The Morgan fingerprint density at radius 2 is 2.11 bits per heavy atom. The standard InChI is InChI=1S/C21H22N4O2/c1-12-7-14(12)11-19(26)15-9-16(25-18(10-15)21(27)22-2)8-13-3-5-23-20-17(13)4-6-24-20/h3-6,9-10,12,14H,7-8,11H2,1-2H3,(H,22,27)(H,23,24)/t12-,14+/m0/s1. The van der Waals surface area contributed by atoms with E-state index in [1.807, 2.05) is 24.4 Å². The van der Waals surface area contributed by atoms with Gasteiger partial charge in [-0.05, 0) is 48.1 Å². The summed E-state index contributed by atoms with van der Waals surface area (Å²) in [6.07, 6.45) is 5.77. The van der Waals surface area contributed by atoms with E-state index in [4.69, 9.17) is 0 Å². The maximum absolute atomic E-state index is 12.7. The fourth-order valence-corrected chi connectivity index (χ4v) is 3.49. The zero-order valence-electron chi connectivity index (χ0n) is 15.5. The highest BCUT2D eigenvalue weighted by molar-refractivity contribution is 6.00. The molecule has 1 saturated carbocycles. The smallest absolute Gasteiger partial charge is 0.269 e. The lowest BCUT2D eigenvalue weighted by Crippen LogP contribution is -2.20. The summed E-state index contributed by atoms with van der Waals surface area (Å²) in [5, 5.41) is 3.61. The molecule has 0 unspecified atom stereocenters. The first-order chi connectivity index (χ1) is 13.0. The average molecular weight is 362 g/mol. The Morgan fingerprint density at radius 3 is 2.85 bits per heavy atom. The van der Waals surface area contributed by atoms with Crippen molar-refractivity contribution < 1.29 is 9.59 Å². The van der Waals surface area contributed by atoms with Gasteiger partial charge < -0.3 is 10.3 Å². The number of rotatable bonds is 6. The molecule has 2 atom stereocenters. The Balaban J connectivity index is 1.68. The molecule has 1 aliphatic rings. The van der Waals surface area contributed by atoms with Crippen LogP contribution >= 0.6 is 0 Å². The Kier molecular flexibility index (Phi) is 4.48. The van der Waals surface area contributed by atoms with Crippen LogP contribution in [0.15, 0.2) is 36.7 Å². The van der Waals surface area contributed by atoms with E-state index in [-0.39, 0.29) is 17.4 Å². The summed E-state index contributed by atoms with van der Waals surface area (Å²) in [5.41, 5.74) is 3.42. The Labute approximate surface area is 157 Å². The number of amides is 1. The van der Waals surface area contributed by atoms with E-state index in [2.05, 4.69) is 27.2 Å². The third-order valence-corrected chi connectivity index (χ3v) is 5.31. The van der Waals surface area contributed by atoms with Crippen molar-refractivity contribution in [2.75, 3.05) is 7.05 Å². The summed E-state index contributed by atoms with van der Waals surface area (Å²) in [4.78, 5) is 36.7. The highest BCUT2D eigenvalue weighted by Gasteiger charge is 2.34. The number of carbonyl (C=O) groups excluding carboxylic acids is 2. The van der Waals surface area contributed by atoms with Crippen molar-refractivity contribution in [3.05, 3.63) is 59.2 Å². The van der Waals surface area contributed by atoms with Gasteiger partial charge in [-0.1, -0.05) is 6.92 Å². The van der Waals surface area contributed by atoms with Crippen molar-refractivity contribution in [3.8, 4) is 0 Å². The van der Waals surface area contributed by atoms with Gasteiger partial charge in [0, 0.05) is 48.9 Å². The Bertz CT molecular complexity index is 1020. The molecule has 0 spiro atoms. The molecular formula is C21H22N4O2. The van der Waals surface area contributed by atoms with Crippen LogP contribution in [0, 0.1) is 11.8 Å². The maximum atomic E-state index is 12.7.